The highest BCUT2D eigenvalue weighted by Crippen LogP contribution is 2.16. The van der Waals surface area contributed by atoms with Gasteiger partial charge in [0, 0.05) is 17.2 Å². The van der Waals surface area contributed by atoms with Gasteiger partial charge in [0.05, 0.1) is 6.20 Å². The zero-order chi connectivity index (χ0) is 13.1. The molecule has 1 amide bonds. The van der Waals surface area contributed by atoms with Crippen LogP contribution in [0.3, 0.4) is 0 Å². The molecular weight excluding hydrogens is 241 g/mol. The van der Waals surface area contributed by atoms with Crippen LogP contribution in [0.4, 0.5) is 4.39 Å². The maximum Gasteiger partial charge on any atom is 0.249 e. The smallest absolute Gasteiger partial charge is 0.249 e. The van der Waals surface area contributed by atoms with E-state index in [2.05, 4.69) is 5.10 Å². The molecule has 1 aromatic carbocycles. The average molecular weight is 251 g/mol. The lowest BCUT2D eigenvalue weighted by Crippen LogP contribution is -2.16. The molecule has 7 heteroatoms. The van der Waals surface area contributed by atoms with E-state index < -0.39 is 11.7 Å². The second kappa shape index (κ2) is 4.74. The largest absolute Gasteiger partial charge is 0.472 e. The monoisotopic (exact) mass is 251 g/mol. The van der Waals surface area contributed by atoms with Crippen LogP contribution in [0.15, 0.2) is 30.5 Å². The van der Waals surface area contributed by atoms with Crippen LogP contribution >= 0.6 is 0 Å². The van der Waals surface area contributed by atoms with Crippen LogP contribution in [0.1, 0.15) is 15.9 Å². The maximum absolute atomic E-state index is 13.6. The molecule has 2 aromatic rings. The van der Waals surface area contributed by atoms with Gasteiger partial charge in [-0.1, -0.05) is 11.2 Å². The van der Waals surface area contributed by atoms with Crippen molar-refractivity contribution < 1.29 is 19.1 Å². The molecule has 6 nitrogen and oxygen atoms in total. The van der Waals surface area contributed by atoms with Gasteiger partial charge in [-0.3, -0.25) is 4.79 Å². The van der Waals surface area contributed by atoms with E-state index in [9.17, 15) is 9.18 Å². The molecule has 0 saturated heterocycles. The number of aromatic nitrogens is 2. The molecule has 0 radical (unpaired) electrons. The Labute approximate surface area is 101 Å². The molecule has 3 N–H and O–H groups in total. The van der Waals surface area contributed by atoms with Crippen molar-refractivity contribution >= 4 is 5.91 Å². The number of carbonyl (C=O) groups is 1. The van der Waals surface area contributed by atoms with Crippen molar-refractivity contribution in [3.05, 3.63) is 47.4 Å². The van der Waals surface area contributed by atoms with Crippen LogP contribution < -0.4 is 10.5 Å². The van der Waals surface area contributed by atoms with E-state index in [-0.39, 0.29) is 23.6 Å². The maximum atomic E-state index is 13.6. The van der Waals surface area contributed by atoms with Gasteiger partial charge in [-0.15, -0.1) is 4.85 Å². The summed E-state index contributed by atoms with van der Waals surface area (Å²) >= 11 is 0. The van der Waals surface area contributed by atoms with Crippen molar-refractivity contribution in [2.75, 3.05) is 0 Å². The summed E-state index contributed by atoms with van der Waals surface area (Å²) in [5.41, 5.74) is 5.24. The van der Waals surface area contributed by atoms with E-state index in [0.717, 1.165) is 0 Å². The first kappa shape index (κ1) is 11.9. The van der Waals surface area contributed by atoms with Crippen LogP contribution in [0.2, 0.25) is 0 Å². The summed E-state index contributed by atoms with van der Waals surface area (Å²) in [5.74, 6) is -1.22. The number of carbonyl (C=O) groups excluding carboxylic acids is 1. The molecule has 0 spiro atoms. The van der Waals surface area contributed by atoms with Crippen LogP contribution in [0, 0.1) is 5.82 Å². The van der Waals surface area contributed by atoms with Crippen molar-refractivity contribution in [1.82, 2.24) is 9.94 Å². The zero-order valence-corrected chi connectivity index (χ0v) is 9.21. The van der Waals surface area contributed by atoms with Crippen molar-refractivity contribution in [2.24, 2.45) is 5.73 Å². The standard InChI is InChI=1S/C11H10FN3O3/c12-9-3-1-2-7(11(13)16)8(9)6-18-10-4-5-15(17)14-10/h1-5,17H,6H2,(H2,13,16). The Hall–Kier alpha value is -2.57. The van der Waals surface area contributed by atoms with Gasteiger partial charge in [0.2, 0.25) is 11.8 Å². The molecule has 0 bridgehead atoms. The number of benzene rings is 1. The first-order chi connectivity index (χ1) is 8.58. The molecule has 2 rings (SSSR count). The molecular formula is C11H10FN3O3. The van der Waals surface area contributed by atoms with Crippen molar-refractivity contribution in [2.45, 2.75) is 6.61 Å². The minimum Gasteiger partial charge on any atom is -0.472 e. The predicted octanol–water partition coefficient (Wildman–Crippen LogP) is 0.937. The Morgan fingerprint density at radius 3 is 2.89 bits per heavy atom. The molecule has 0 aliphatic heterocycles. The number of amides is 1. The zero-order valence-electron chi connectivity index (χ0n) is 9.21. The van der Waals surface area contributed by atoms with Gasteiger partial charge in [0.25, 0.3) is 0 Å². The number of nitrogens with two attached hydrogens (primary N) is 1. The third kappa shape index (κ3) is 2.40. The Morgan fingerprint density at radius 1 is 1.50 bits per heavy atom. The van der Waals surface area contributed by atoms with Crippen LogP contribution in [-0.2, 0) is 6.61 Å². The molecule has 0 atom stereocenters. The number of halogens is 1. The molecule has 0 saturated carbocycles. The first-order valence-electron chi connectivity index (χ1n) is 5.03. The minimum atomic E-state index is -0.735. The Balaban J connectivity index is 2.20. The molecule has 0 aliphatic carbocycles. The number of hydrogen-bond donors (Lipinski definition) is 2. The number of primary amides is 1. The van der Waals surface area contributed by atoms with Gasteiger partial charge in [-0.05, 0) is 12.1 Å². The highest BCUT2D eigenvalue weighted by atomic mass is 19.1. The van der Waals surface area contributed by atoms with Gasteiger partial charge in [0.15, 0.2) is 0 Å². The van der Waals surface area contributed by atoms with Gasteiger partial charge < -0.3 is 15.7 Å². The van der Waals surface area contributed by atoms with Crippen LogP contribution in [0.25, 0.3) is 0 Å². The fourth-order valence-electron chi connectivity index (χ4n) is 1.46. The lowest BCUT2D eigenvalue weighted by molar-refractivity contribution is 0.0996. The summed E-state index contributed by atoms with van der Waals surface area (Å²) in [5, 5.41) is 12.5. The quantitative estimate of drug-likeness (QED) is 0.791. The summed E-state index contributed by atoms with van der Waals surface area (Å²) in [6.07, 6.45) is 1.26. The Kier molecular flexibility index (Phi) is 3.13. The topological polar surface area (TPSA) is 90.4 Å². The fourth-order valence-corrected chi connectivity index (χ4v) is 1.46. The third-order valence-corrected chi connectivity index (χ3v) is 2.30. The number of hydrogen-bond acceptors (Lipinski definition) is 4. The third-order valence-electron chi connectivity index (χ3n) is 2.30. The molecule has 0 fully saturated rings. The molecule has 0 aliphatic rings. The van der Waals surface area contributed by atoms with E-state index >= 15 is 0 Å². The van der Waals surface area contributed by atoms with Crippen LogP contribution in [-0.4, -0.2) is 21.1 Å². The molecule has 1 aromatic heterocycles. The normalized spacial score (nSPS) is 10.3. The van der Waals surface area contributed by atoms with E-state index in [1.165, 1.54) is 30.5 Å². The number of nitrogens with zero attached hydrogens (tertiary/aromatic N) is 2. The van der Waals surface area contributed by atoms with E-state index in [0.29, 0.717) is 4.85 Å². The van der Waals surface area contributed by atoms with E-state index in [1.54, 1.807) is 0 Å². The molecule has 94 valence electrons. The number of ether oxygens (including phenoxy) is 1. The van der Waals surface area contributed by atoms with Crippen LogP contribution in [0.5, 0.6) is 5.88 Å². The molecule has 18 heavy (non-hydrogen) atoms. The Morgan fingerprint density at radius 2 is 2.28 bits per heavy atom. The van der Waals surface area contributed by atoms with Crippen molar-refractivity contribution in [3.63, 3.8) is 0 Å². The number of rotatable bonds is 4. The van der Waals surface area contributed by atoms with Crippen molar-refractivity contribution in [3.8, 4) is 5.88 Å². The van der Waals surface area contributed by atoms with Gasteiger partial charge in [-0.25, -0.2) is 4.39 Å². The highest BCUT2D eigenvalue weighted by Gasteiger charge is 2.13. The summed E-state index contributed by atoms with van der Waals surface area (Å²) in [7, 11) is 0. The summed E-state index contributed by atoms with van der Waals surface area (Å²) < 4.78 is 18.7. The Bertz CT molecular complexity index is 583. The second-order valence-corrected chi connectivity index (χ2v) is 3.49. The van der Waals surface area contributed by atoms with E-state index in [1.807, 2.05) is 0 Å². The van der Waals surface area contributed by atoms with E-state index in [4.69, 9.17) is 15.7 Å². The SMILES string of the molecule is NC(=O)c1cccc(F)c1COc1ccn(O)n1. The molecule has 0 unspecified atom stereocenters. The highest BCUT2D eigenvalue weighted by molar-refractivity contribution is 5.94. The minimum absolute atomic E-state index is 0.0532. The van der Waals surface area contributed by atoms with Gasteiger partial charge in [0.1, 0.15) is 12.4 Å². The van der Waals surface area contributed by atoms with Gasteiger partial charge in [-0.2, -0.15) is 0 Å². The fraction of sp³-hybridized carbons (Fsp3) is 0.0909. The first-order valence-corrected chi connectivity index (χ1v) is 5.03. The second-order valence-electron chi connectivity index (χ2n) is 3.49. The molecule has 1 heterocycles. The lowest BCUT2D eigenvalue weighted by Gasteiger charge is -2.08. The summed E-state index contributed by atoms with van der Waals surface area (Å²) in [6, 6.07) is 5.40. The predicted molar refractivity (Wildman–Crippen MR) is 58.7 cm³/mol. The van der Waals surface area contributed by atoms with Gasteiger partial charge >= 0.3 is 0 Å². The van der Waals surface area contributed by atoms with Crippen molar-refractivity contribution in [1.29, 1.82) is 0 Å². The average Bonchev–Trinajstić information content (AvgIpc) is 2.73. The lowest BCUT2D eigenvalue weighted by atomic mass is 10.1. The summed E-state index contributed by atoms with van der Waals surface area (Å²) in [4.78, 5) is 11.7. The summed E-state index contributed by atoms with van der Waals surface area (Å²) in [6.45, 7) is -0.206.